The number of rotatable bonds is 8. The molecule has 1 atom stereocenters. The first-order valence-electron chi connectivity index (χ1n) is 10.7. The van der Waals surface area contributed by atoms with Gasteiger partial charge in [0.1, 0.15) is 5.52 Å². The Morgan fingerprint density at radius 3 is 2.48 bits per heavy atom. The topological polar surface area (TPSA) is 88.8 Å². The van der Waals surface area contributed by atoms with E-state index in [1.54, 1.807) is 6.20 Å². The number of imidazole rings is 1. The van der Waals surface area contributed by atoms with E-state index in [0.29, 0.717) is 12.4 Å². The number of aliphatic hydroxyl groups is 1. The van der Waals surface area contributed by atoms with Crippen LogP contribution in [0.15, 0.2) is 55.0 Å². The van der Waals surface area contributed by atoms with Crippen LogP contribution >= 0.6 is 0 Å². The zero-order valence-electron chi connectivity index (χ0n) is 18.2. The van der Waals surface area contributed by atoms with Gasteiger partial charge in [-0.05, 0) is 38.0 Å². The number of aliphatic hydroxyl groups excluding tert-OH is 1. The standard InChI is InChI=1S/C24H28N6O/c1-4-19(14-31)27-24-28-21(22-23(29-24)30(15-26-22)16(2)3)13-17-8-10-18(11-9-17)20-7-5-6-12-25-20/h5-12,15-16,19,31H,4,13-14H2,1-3H3,(H,27,28,29)/t19-/m0/s1. The minimum Gasteiger partial charge on any atom is -0.394 e. The lowest BCUT2D eigenvalue weighted by Crippen LogP contribution is -2.24. The molecule has 31 heavy (non-hydrogen) atoms. The minimum atomic E-state index is -0.0848. The van der Waals surface area contributed by atoms with Crippen molar-refractivity contribution in [2.45, 2.75) is 45.7 Å². The lowest BCUT2D eigenvalue weighted by molar-refractivity contribution is 0.271. The Bertz CT molecular complexity index is 1130. The molecule has 0 aliphatic heterocycles. The Morgan fingerprint density at radius 2 is 1.84 bits per heavy atom. The predicted octanol–water partition coefficient (Wildman–Crippen LogP) is 4.24. The van der Waals surface area contributed by atoms with E-state index >= 15 is 0 Å². The van der Waals surface area contributed by atoms with Crippen LogP contribution in [-0.2, 0) is 6.42 Å². The van der Waals surface area contributed by atoms with Gasteiger partial charge < -0.3 is 15.0 Å². The maximum absolute atomic E-state index is 9.59. The van der Waals surface area contributed by atoms with Crippen molar-refractivity contribution in [3.63, 3.8) is 0 Å². The van der Waals surface area contributed by atoms with E-state index in [1.165, 1.54) is 0 Å². The van der Waals surface area contributed by atoms with E-state index in [2.05, 4.69) is 58.0 Å². The Morgan fingerprint density at radius 1 is 1.03 bits per heavy atom. The third kappa shape index (κ3) is 4.56. The summed E-state index contributed by atoms with van der Waals surface area (Å²) in [5.74, 6) is 0.524. The van der Waals surface area contributed by atoms with Crippen LogP contribution < -0.4 is 5.32 Å². The molecular weight excluding hydrogens is 388 g/mol. The molecule has 0 aliphatic rings. The monoisotopic (exact) mass is 416 g/mol. The van der Waals surface area contributed by atoms with Gasteiger partial charge in [-0.3, -0.25) is 4.98 Å². The normalized spacial score (nSPS) is 12.4. The van der Waals surface area contributed by atoms with Crippen LogP contribution in [0.5, 0.6) is 0 Å². The summed E-state index contributed by atoms with van der Waals surface area (Å²) in [7, 11) is 0. The Kier molecular flexibility index (Phi) is 6.23. The van der Waals surface area contributed by atoms with Crippen molar-refractivity contribution in [3.05, 3.63) is 66.2 Å². The second-order valence-corrected chi connectivity index (χ2v) is 7.93. The average molecular weight is 417 g/mol. The van der Waals surface area contributed by atoms with Crippen molar-refractivity contribution in [2.24, 2.45) is 0 Å². The first-order chi connectivity index (χ1) is 15.1. The van der Waals surface area contributed by atoms with Crippen molar-refractivity contribution in [2.75, 3.05) is 11.9 Å². The van der Waals surface area contributed by atoms with Gasteiger partial charge in [0, 0.05) is 24.2 Å². The zero-order valence-corrected chi connectivity index (χ0v) is 18.2. The summed E-state index contributed by atoms with van der Waals surface area (Å²) < 4.78 is 2.05. The highest BCUT2D eigenvalue weighted by Gasteiger charge is 2.17. The van der Waals surface area contributed by atoms with E-state index in [1.807, 2.05) is 31.5 Å². The smallest absolute Gasteiger partial charge is 0.225 e. The number of anilines is 1. The number of hydrogen-bond donors (Lipinski definition) is 2. The van der Waals surface area contributed by atoms with Gasteiger partial charge in [0.05, 0.1) is 30.4 Å². The van der Waals surface area contributed by atoms with Crippen molar-refractivity contribution in [3.8, 4) is 11.3 Å². The molecule has 0 spiro atoms. The highest BCUT2D eigenvalue weighted by atomic mass is 16.3. The van der Waals surface area contributed by atoms with Crippen LogP contribution in [0.4, 0.5) is 5.95 Å². The Labute approximate surface area is 182 Å². The molecule has 0 fully saturated rings. The number of hydrogen-bond acceptors (Lipinski definition) is 6. The fourth-order valence-corrected chi connectivity index (χ4v) is 3.52. The van der Waals surface area contributed by atoms with Crippen molar-refractivity contribution in [1.82, 2.24) is 24.5 Å². The summed E-state index contributed by atoms with van der Waals surface area (Å²) >= 11 is 0. The third-order valence-electron chi connectivity index (χ3n) is 5.38. The summed E-state index contributed by atoms with van der Waals surface area (Å²) in [5, 5.41) is 12.8. The van der Waals surface area contributed by atoms with Crippen LogP contribution in [0.1, 0.15) is 44.5 Å². The first kappa shape index (κ1) is 20.9. The summed E-state index contributed by atoms with van der Waals surface area (Å²) in [6.45, 7) is 6.27. The highest BCUT2D eigenvalue weighted by Crippen LogP contribution is 2.24. The molecule has 0 bridgehead atoms. The Hall–Kier alpha value is -3.32. The average Bonchev–Trinajstić information content (AvgIpc) is 3.23. The molecule has 0 saturated heterocycles. The van der Waals surface area contributed by atoms with Gasteiger partial charge in [-0.1, -0.05) is 37.3 Å². The summed E-state index contributed by atoms with van der Waals surface area (Å²) in [6, 6.07) is 14.4. The van der Waals surface area contributed by atoms with Crippen LogP contribution in [0.3, 0.4) is 0 Å². The van der Waals surface area contributed by atoms with Gasteiger partial charge >= 0.3 is 0 Å². The molecule has 7 heteroatoms. The molecule has 0 radical (unpaired) electrons. The largest absolute Gasteiger partial charge is 0.394 e. The molecule has 7 nitrogen and oxygen atoms in total. The quantitative estimate of drug-likeness (QED) is 0.447. The molecule has 160 valence electrons. The molecule has 0 aliphatic carbocycles. The Balaban J connectivity index is 1.68. The predicted molar refractivity (Wildman–Crippen MR) is 123 cm³/mol. The fourth-order valence-electron chi connectivity index (χ4n) is 3.52. The van der Waals surface area contributed by atoms with E-state index in [4.69, 9.17) is 9.97 Å². The molecule has 0 unspecified atom stereocenters. The number of aromatic nitrogens is 5. The van der Waals surface area contributed by atoms with Crippen molar-refractivity contribution in [1.29, 1.82) is 0 Å². The molecule has 1 aromatic carbocycles. The molecule has 3 heterocycles. The molecule has 0 saturated carbocycles. The lowest BCUT2D eigenvalue weighted by Gasteiger charge is -2.16. The maximum atomic E-state index is 9.59. The fraction of sp³-hybridized carbons (Fsp3) is 0.333. The maximum Gasteiger partial charge on any atom is 0.225 e. The van der Waals surface area contributed by atoms with Crippen LogP contribution in [0.2, 0.25) is 0 Å². The number of fused-ring (bicyclic) bond motifs is 1. The van der Waals surface area contributed by atoms with Gasteiger partial charge in [-0.25, -0.2) is 9.97 Å². The molecule has 4 aromatic rings. The number of nitrogens with one attached hydrogen (secondary N) is 1. The van der Waals surface area contributed by atoms with Gasteiger partial charge in [0.15, 0.2) is 5.65 Å². The summed E-state index contributed by atoms with van der Waals surface area (Å²) in [4.78, 5) is 18.5. The van der Waals surface area contributed by atoms with Gasteiger partial charge in [0.2, 0.25) is 5.95 Å². The second-order valence-electron chi connectivity index (χ2n) is 7.93. The van der Waals surface area contributed by atoms with Gasteiger partial charge in [-0.15, -0.1) is 0 Å². The molecular formula is C24H28N6O. The summed E-state index contributed by atoms with van der Waals surface area (Å²) in [5.41, 5.74) is 5.65. The van der Waals surface area contributed by atoms with E-state index in [-0.39, 0.29) is 18.7 Å². The van der Waals surface area contributed by atoms with Crippen molar-refractivity contribution >= 4 is 17.1 Å². The molecule has 3 aromatic heterocycles. The van der Waals surface area contributed by atoms with E-state index < -0.39 is 0 Å². The van der Waals surface area contributed by atoms with Crippen LogP contribution in [0.25, 0.3) is 22.4 Å². The molecule has 0 amide bonds. The van der Waals surface area contributed by atoms with Gasteiger partial charge in [0.25, 0.3) is 0 Å². The van der Waals surface area contributed by atoms with Crippen LogP contribution in [-0.4, -0.2) is 42.3 Å². The van der Waals surface area contributed by atoms with Crippen molar-refractivity contribution < 1.29 is 5.11 Å². The first-order valence-corrected chi connectivity index (χ1v) is 10.7. The molecule has 4 rings (SSSR count). The van der Waals surface area contributed by atoms with Gasteiger partial charge in [-0.2, -0.15) is 4.98 Å². The SMILES string of the molecule is CC[C@@H](CO)Nc1nc(Cc2ccc(-c3ccccn3)cc2)c2ncn(C(C)C)c2n1. The number of pyridine rings is 1. The summed E-state index contributed by atoms with van der Waals surface area (Å²) in [6.07, 6.45) is 5.05. The third-order valence-corrected chi connectivity index (χ3v) is 5.38. The highest BCUT2D eigenvalue weighted by molar-refractivity contribution is 5.75. The minimum absolute atomic E-state index is 0.0334. The molecule has 2 N–H and O–H groups in total. The second kappa shape index (κ2) is 9.22. The van der Waals surface area contributed by atoms with E-state index in [9.17, 15) is 5.11 Å². The van der Waals surface area contributed by atoms with Crippen LogP contribution in [0, 0.1) is 0 Å². The lowest BCUT2D eigenvalue weighted by atomic mass is 10.0. The number of nitrogens with zero attached hydrogens (tertiary/aromatic N) is 5. The van der Waals surface area contributed by atoms with E-state index in [0.717, 1.165) is 40.1 Å². The zero-order chi connectivity index (χ0) is 21.8. The number of benzene rings is 1.